The fraction of sp³-hybridized carbons (Fsp3) is 0.0909. The van der Waals surface area contributed by atoms with Crippen LogP contribution in [0.15, 0.2) is 40.4 Å². The number of allylic oxidation sites excluding steroid dienone is 2. The molecule has 0 aliphatic rings. The molecule has 0 spiro atoms. The lowest BCUT2D eigenvalue weighted by atomic mass is 10.1. The summed E-state index contributed by atoms with van der Waals surface area (Å²) in [4.78, 5) is 0. The Bertz CT molecular complexity index is 419. The Hall–Kier alpha value is -1.58. The molecule has 0 bridgehead atoms. The van der Waals surface area contributed by atoms with Crippen LogP contribution in [0.3, 0.4) is 0 Å². The Morgan fingerprint density at radius 3 is 2.50 bits per heavy atom. The van der Waals surface area contributed by atoms with Crippen LogP contribution in [0, 0.1) is 22.7 Å². The van der Waals surface area contributed by atoms with Crippen molar-refractivity contribution in [3.63, 3.8) is 0 Å². The maximum absolute atomic E-state index is 8.52. The summed E-state index contributed by atoms with van der Waals surface area (Å²) in [5.41, 5.74) is 1.22. The molecular weight excluding hydrogens is 240 g/mol. The maximum Gasteiger partial charge on any atom is 0.126 e. The van der Waals surface area contributed by atoms with Crippen molar-refractivity contribution in [1.82, 2.24) is 0 Å². The maximum atomic E-state index is 8.52. The molecule has 14 heavy (non-hydrogen) atoms. The van der Waals surface area contributed by atoms with E-state index in [1.807, 2.05) is 36.4 Å². The first-order valence-electron chi connectivity index (χ1n) is 4.01. The third kappa shape index (κ3) is 2.73. The first-order valence-corrected chi connectivity index (χ1v) is 4.81. The standard InChI is InChI=1S/C11H7BrN2/c12-11-4-2-1-3-10(11)6-5-9(7-13)8-14/h1-5H,6H2. The Morgan fingerprint density at radius 2 is 1.93 bits per heavy atom. The van der Waals surface area contributed by atoms with Gasteiger partial charge < -0.3 is 0 Å². The number of halogens is 1. The van der Waals surface area contributed by atoms with Gasteiger partial charge in [0.25, 0.3) is 0 Å². The van der Waals surface area contributed by atoms with E-state index in [2.05, 4.69) is 15.9 Å². The van der Waals surface area contributed by atoms with Gasteiger partial charge >= 0.3 is 0 Å². The van der Waals surface area contributed by atoms with Crippen molar-refractivity contribution >= 4 is 15.9 Å². The molecule has 0 atom stereocenters. The summed E-state index contributed by atoms with van der Waals surface area (Å²) in [7, 11) is 0. The SMILES string of the molecule is N#CC(C#N)=CCc1ccccc1Br. The number of nitrogens with zero attached hydrogens (tertiary/aromatic N) is 2. The third-order valence-electron chi connectivity index (χ3n) is 1.72. The summed E-state index contributed by atoms with van der Waals surface area (Å²) in [5.74, 6) is 0. The molecule has 0 aliphatic carbocycles. The van der Waals surface area contributed by atoms with Gasteiger partial charge in [-0.15, -0.1) is 0 Å². The Kier molecular flexibility index (Phi) is 3.91. The largest absolute Gasteiger partial charge is 0.192 e. The predicted octanol–water partition coefficient (Wildman–Crippen LogP) is 2.97. The zero-order valence-corrected chi connectivity index (χ0v) is 8.95. The van der Waals surface area contributed by atoms with Crippen LogP contribution in [-0.2, 0) is 6.42 Å². The highest BCUT2D eigenvalue weighted by Gasteiger charge is 1.97. The zero-order chi connectivity index (χ0) is 10.4. The lowest BCUT2D eigenvalue weighted by Gasteiger charge is -1.98. The monoisotopic (exact) mass is 246 g/mol. The van der Waals surface area contributed by atoms with Crippen LogP contribution in [0.4, 0.5) is 0 Å². The molecule has 0 saturated carbocycles. The number of rotatable bonds is 2. The Labute approximate surface area is 91.2 Å². The molecular formula is C11H7BrN2. The molecule has 0 N–H and O–H groups in total. The lowest BCUT2D eigenvalue weighted by Crippen LogP contribution is -1.84. The number of benzene rings is 1. The highest BCUT2D eigenvalue weighted by atomic mass is 79.9. The van der Waals surface area contributed by atoms with Crippen LogP contribution in [0.25, 0.3) is 0 Å². The van der Waals surface area contributed by atoms with E-state index >= 15 is 0 Å². The van der Waals surface area contributed by atoms with E-state index in [-0.39, 0.29) is 5.57 Å². The van der Waals surface area contributed by atoms with Gasteiger partial charge in [-0.2, -0.15) is 10.5 Å². The fourth-order valence-electron chi connectivity index (χ4n) is 0.992. The molecule has 0 saturated heterocycles. The summed E-state index contributed by atoms with van der Waals surface area (Å²) in [5, 5.41) is 17.0. The highest BCUT2D eigenvalue weighted by molar-refractivity contribution is 9.10. The molecule has 1 aromatic rings. The number of nitriles is 2. The summed E-state index contributed by atoms with van der Waals surface area (Å²) in [6.45, 7) is 0. The third-order valence-corrected chi connectivity index (χ3v) is 2.50. The molecule has 1 aromatic carbocycles. The summed E-state index contributed by atoms with van der Waals surface area (Å²) < 4.78 is 0.992. The quantitative estimate of drug-likeness (QED) is 0.754. The van der Waals surface area contributed by atoms with E-state index in [0.29, 0.717) is 6.42 Å². The van der Waals surface area contributed by atoms with Crippen LogP contribution in [0.5, 0.6) is 0 Å². The molecule has 1 rings (SSSR count). The molecule has 68 valence electrons. The zero-order valence-electron chi connectivity index (χ0n) is 7.37. The Balaban J connectivity index is 2.83. The van der Waals surface area contributed by atoms with Crippen LogP contribution in [0.2, 0.25) is 0 Å². The van der Waals surface area contributed by atoms with Gasteiger partial charge in [-0.3, -0.25) is 0 Å². The van der Waals surface area contributed by atoms with Gasteiger partial charge in [0, 0.05) is 4.47 Å². The molecule has 0 amide bonds. The van der Waals surface area contributed by atoms with E-state index in [1.165, 1.54) is 0 Å². The molecule has 0 radical (unpaired) electrons. The summed E-state index contributed by atoms with van der Waals surface area (Å²) in [6, 6.07) is 11.4. The van der Waals surface area contributed by atoms with Gasteiger partial charge in [0.15, 0.2) is 0 Å². The van der Waals surface area contributed by atoms with Crippen molar-refractivity contribution in [3.05, 3.63) is 46.0 Å². The van der Waals surface area contributed by atoms with Gasteiger partial charge in [0.05, 0.1) is 0 Å². The fourth-order valence-corrected chi connectivity index (χ4v) is 1.44. The second-order valence-electron chi connectivity index (χ2n) is 2.64. The van der Waals surface area contributed by atoms with Crippen molar-refractivity contribution < 1.29 is 0 Å². The second-order valence-corrected chi connectivity index (χ2v) is 3.49. The van der Waals surface area contributed by atoms with Gasteiger partial charge in [-0.05, 0) is 18.1 Å². The van der Waals surface area contributed by atoms with Gasteiger partial charge in [-0.25, -0.2) is 0 Å². The smallest absolute Gasteiger partial charge is 0.126 e. The van der Waals surface area contributed by atoms with E-state index in [0.717, 1.165) is 10.0 Å². The minimum atomic E-state index is 0.153. The summed E-state index contributed by atoms with van der Waals surface area (Å²) >= 11 is 3.40. The van der Waals surface area contributed by atoms with E-state index in [9.17, 15) is 0 Å². The molecule has 2 nitrogen and oxygen atoms in total. The lowest BCUT2D eigenvalue weighted by molar-refractivity contribution is 1.24. The van der Waals surface area contributed by atoms with Gasteiger partial charge in [-0.1, -0.05) is 40.2 Å². The second kappa shape index (κ2) is 5.21. The van der Waals surface area contributed by atoms with E-state index < -0.39 is 0 Å². The Morgan fingerprint density at radius 1 is 1.29 bits per heavy atom. The molecule has 3 heteroatoms. The van der Waals surface area contributed by atoms with Gasteiger partial charge in [0.1, 0.15) is 17.7 Å². The average Bonchev–Trinajstić information content (AvgIpc) is 2.22. The minimum Gasteiger partial charge on any atom is -0.192 e. The molecule has 0 heterocycles. The molecule has 0 fully saturated rings. The van der Waals surface area contributed by atoms with Crippen molar-refractivity contribution in [3.8, 4) is 12.1 Å². The molecule has 0 aliphatic heterocycles. The van der Waals surface area contributed by atoms with Crippen LogP contribution < -0.4 is 0 Å². The highest BCUT2D eigenvalue weighted by Crippen LogP contribution is 2.16. The van der Waals surface area contributed by atoms with E-state index in [1.54, 1.807) is 6.08 Å². The normalized spacial score (nSPS) is 8.50. The average molecular weight is 247 g/mol. The molecule has 0 aromatic heterocycles. The minimum absolute atomic E-state index is 0.153. The first kappa shape index (κ1) is 10.5. The van der Waals surface area contributed by atoms with Crippen LogP contribution in [0.1, 0.15) is 5.56 Å². The van der Waals surface area contributed by atoms with Crippen LogP contribution >= 0.6 is 15.9 Å². The number of hydrogen-bond donors (Lipinski definition) is 0. The van der Waals surface area contributed by atoms with Crippen molar-refractivity contribution in [2.75, 3.05) is 0 Å². The first-order chi connectivity index (χ1) is 6.77. The van der Waals surface area contributed by atoms with Gasteiger partial charge in [0.2, 0.25) is 0 Å². The predicted molar refractivity (Wildman–Crippen MR) is 57.2 cm³/mol. The number of hydrogen-bond acceptors (Lipinski definition) is 2. The van der Waals surface area contributed by atoms with E-state index in [4.69, 9.17) is 10.5 Å². The topological polar surface area (TPSA) is 47.6 Å². The summed E-state index contributed by atoms with van der Waals surface area (Å²) in [6.07, 6.45) is 2.22. The van der Waals surface area contributed by atoms with Crippen molar-refractivity contribution in [1.29, 1.82) is 10.5 Å². The van der Waals surface area contributed by atoms with Crippen molar-refractivity contribution in [2.45, 2.75) is 6.42 Å². The van der Waals surface area contributed by atoms with Crippen molar-refractivity contribution in [2.24, 2.45) is 0 Å². The van der Waals surface area contributed by atoms with Crippen LogP contribution in [-0.4, -0.2) is 0 Å². The molecule has 0 unspecified atom stereocenters.